The van der Waals surface area contributed by atoms with E-state index in [9.17, 15) is 0 Å². The minimum atomic E-state index is 0.739. The van der Waals surface area contributed by atoms with E-state index < -0.39 is 0 Å². The highest BCUT2D eigenvalue weighted by Crippen LogP contribution is 2.34. The molecule has 1 aliphatic carbocycles. The van der Waals surface area contributed by atoms with Crippen molar-refractivity contribution < 1.29 is 0 Å². The molecular formula is C17H22ClN3. The number of nitrogen functional groups attached to an aromatic ring is 1. The van der Waals surface area contributed by atoms with Crippen molar-refractivity contribution in [3.63, 3.8) is 0 Å². The quantitative estimate of drug-likeness (QED) is 0.910. The summed E-state index contributed by atoms with van der Waals surface area (Å²) in [6.45, 7) is 0. The molecule has 21 heavy (non-hydrogen) atoms. The first-order valence-electron chi connectivity index (χ1n) is 7.72. The van der Waals surface area contributed by atoms with Crippen LogP contribution in [0, 0.1) is 5.92 Å². The number of benzene rings is 1. The molecule has 1 fully saturated rings. The Morgan fingerprint density at radius 2 is 1.86 bits per heavy atom. The van der Waals surface area contributed by atoms with Gasteiger partial charge in [0.25, 0.3) is 0 Å². The molecule has 112 valence electrons. The van der Waals surface area contributed by atoms with Crippen molar-refractivity contribution in [3.05, 3.63) is 35.0 Å². The number of aryl methyl sites for hydroxylation is 1. The van der Waals surface area contributed by atoms with Crippen LogP contribution in [0.2, 0.25) is 5.02 Å². The Kier molecular flexibility index (Phi) is 4.20. The van der Waals surface area contributed by atoms with Crippen LogP contribution >= 0.6 is 11.6 Å². The number of aromatic nitrogens is 2. The van der Waals surface area contributed by atoms with Gasteiger partial charge in [-0.15, -0.1) is 0 Å². The first-order valence-corrected chi connectivity index (χ1v) is 8.10. The smallest absolute Gasteiger partial charge is 0.129 e. The third kappa shape index (κ3) is 3.08. The summed E-state index contributed by atoms with van der Waals surface area (Å²) in [7, 11) is 1.92. The summed E-state index contributed by atoms with van der Waals surface area (Å²) in [4.78, 5) is 0. The van der Waals surface area contributed by atoms with Crippen LogP contribution in [0.15, 0.2) is 24.3 Å². The molecular weight excluding hydrogens is 282 g/mol. The van der Waals surface area contributed by atoms with Crippen molar-refractivity contribution in [2.75, 3.05) is 5.73 Å². The maximum atomic E-state index is 6.25. The second-order valence-electron chi connectivity index (χ2n) is 6.05. The lowest BCUT2D eigenvalue weighted by molar-refractivity contribution is 0.354. The lowest BCUT2D eigenvalue weighted by atomic mass is 9.85. The van der Waals surface area contributed by atoms with E-state index in [1.54, 1.807) is 4.68 Å². The van der Waals surface area contributed by atoms with E-state index >= 15 is 0 Å². The van der Waals surface area contributed by atoms with E-state index in [0.717, 1.165) is 40.0 Å². The summed E-state index contributed by atoms with van der Waals surface area (Å²) in [5.41, 5.74) is 9.57. The number of nitrogens with zero attached hydrogens (tertiary/aromatic N) is 2. The Balaban J connectivity index is 1.93. The van der Waals surface area contributed by atoms with Gasteiger partial charge < -0.3 is 5.73 Å². The number of hydrogen-bond acceptors (Lipinski definition) is 2. The number of rotatable bonds is 3. The lowest BCUT2D eigenvalue weighted by Crippen LogP contribution is -2.10. The van der Waals surface area contributed by atoms with Crippen LogP contribution in [0.3, 0.4) is 0 Å². The highest BCUT2D eigenvalue weighted by molar-refractivity contribution is 6.30. The summed E-state index contributed by atoms with van der Waals surface area (Å²) < 4.78 is 1.79. The number of hydrogen-bond donors (Lipinski definition) is 1. The average molecular weight is 304 g/mol. The van der Waals surface area contributed by atoms with E-state index in [2.05, 4.69) is 5.10 Å². The number of anilines is 1. The fourth-order valence-electron chi connectivity index (χ4n) is 3.33. The average Bonchev–Trinajstić information content (AvgIpc) is 2.76. The predicted molar refractivity (Wildman–Crippen MR) is 88.3 cm³/mol. The standard InChI is InChI=1S/C17H22ClN3/c1-21-17(19)16(13-7-9-14(18)10-8-13)15(20-21)11-12-5-3-2-4-6-12/h7-10,12H,2-6,11,19H2,1H3. The second-order valence-corrected chi connectivity index (χ2v) is 6.48. The van der Waals surface area contributed by atoms with Crippen molar-refractivity contribution in [3.8, 4) is 11.1 Å². The van der Waals surface area contributed by atoms with Gasteiger partial charge in [0.15, 0.2) is 0 Å². The molecule has 0 radical (unpaired) electrons. The maximum Gasteiger partial charge on any atom is 0.129 e. The van der Waals surface area contributed by atoms with Gasteiger partial charge in [-0.25, -0.2) is 0 Å². The van der Waals surface area contributed by atoms with Crippen LogP contribution < -0.4 is 5.73 Å². The van der Waals surface area contributed by atoms with Gasteiger partial charge in [-0.1, -0.05) is 55.8 Å². The third-order valence-electron chi connectivity index (χ3n) is 4.50. The molecule has 0 aliphatic heterocycles. The molecule has 1 heterocycles. The van der Waals surface area contributed by atoms with Crippen LogP contribution in [0.25, 0.3) is 11.1 Å². The van der Waals surface area contributed by atoms with Gasteiger partial charge in [0.2, 0.25) is 0 Å². The van der Waals surface area contributed by atoms with Crippen LogP contribution in [0.1, 0.15) is 37.8 Å². The van der Waals surface area contributed by atoms with Crippen molar-refractivity contribution in [1.29, 1.82) is 0 Å². The Bertz CT molecular complexity index is 610. The van der Waals surface area contributed by atoms with Gasteiger partial charge in [-0.05, 0) is 30.0 Å². The SMILES string of the molecule is Cn1nc(CC2CCCCC2)c(-c2ccc(Cl)cc2)c1N. The zero-order chi connectivity index (χ0) is 14.8. The second kappa shape index (κ2) is 6.10. The third-order valence-corrected chi connectivity index (χ3v) is 4.76. The van der Waals surface area contributed by atoms with E-state index in [4.69, 9.17) is 17.3 Å². The lowest BCUT2D eigenvalue weighted by Gasteiger charge is -2.21. The monoisotopic (exact) mass is 303 g/mol. The first kappa shape index (κ1) is 14.5. The molecule has 0 unspecified atom stereocenters. The molecule has 1 aliphatic rings. The van der Waals surface area contributed by atoms with Crippen molar-refractivity contribution in [2.24, 2.45) is 13.0 Å². The molecule has 0 amide bonds. The molecule has 2 aromatic rings. The number of nitrogens with two attached hydrogens (primary N) is 1. The molecule has 4 heteroatoms. The topological polar surface area (TPSA) is 43.8 Å². The van der Waals surface area contributed by atoms with Crippen LogP contribution in [0.5, 0.6) is 0 Å². The minimum absolute atomic E-state index is 0.739. The summed E-state index contributed by atoms with van der Waals surface area (Å²) in [6.07, 6.45) is 7.74. The van der Waals surface area contributed by atoms with E-state index in [1.807, 2.05) is 31.3 Å². The fraction of sp³-hybridized carbons (Fsp3) is 0.471. The van der Waals surface area contributed by atoms with Gasteiger partial charge in [0.1, 0.15) is 5.82 Å². The molecule has 3 nitrogen and oxygen atoms in total. The Hall–Kier alpha value is -1.48. The molecule has 0 bridgehead atoms. The van der Waals surface area contributed by atoms with Gasteiger partial charge in [0, 0.05) is 17.6 Å². The summed E-state index contributed by atoms with van der Waals surface area (Å²) in [5, 5.41) is 5.41. The zero-order valence-electron chi connectivity index (χ0n) is 12.5. The molecule has 2 N–H and O–H groups in total. The zero-order valence-corrected chi connectivity index (χ0v) is 13.2. The molecule has 1 saturated carbocycles. The summed E-state index contributed by atoms with van der Waals surface area (Å²) in [5.74, 6) is 1.49. The van der Waals surface area contributed by atoms with Crippen molar-refractivity contribution in [2.45, 2.75) is 38.5 Å². The number of halogens is 1. The molecule has 0 saturated heterocycles. The van der Waals surface area contributed by atoms with Gasteiger partial charge in [-0.3, -0.25) is 4.68 Å². The highest BCUT2D eigenvalue weighted by atomic mass is 35.5. The fourth-order valence-corrected chi connectivity index (χ4v) is 3.46. The molecule has 1 aromatic heterocycles. The van der Waals surface area contributed by atoms with Crippen LogP contribution in [-0.2, 0) is 13.5 Å². The highest BCUT2D eigenvalue weighted by Gasteiger charge is 2.21. The van der Waals surface area contributed by atoms with Gasteiger partial charge in [0.05, 0.1) is 5.69 Å². The molecule has 1 aromatic carbocycles. The normalized spacial score (nSPS) is 16.3. The Morgan fingerprint density at radius 3 is 2.52 bits per heavy atom. The van der Waals surface area contributed by atoms with Gasteiger partial charge in [-0.2, -0.15) is 5.10 Å². The molecule has 3 rings (SSSR count). The Morgan fingerprint density at radius 1 is 1.19 bits per heavy atom. The molecule has 0 atom stereocenters. The predicted octanol–water partition coefficient (Wildman–Crippen LogP) is 4.45. The summed E-state index contributed by atoms with van der Waals surface area (Å²) >= 11 is 5.99. The van der Waals surface area contributed by atoms with E-state index in [1.165, 1.54) is 32.1 Å². The van der Waals surface area contributed by atoms with Crippen LogP contribution in [-0.4, -0.2) is 9.78 Å². The first-order chi connectivity index (χ1) is 10.1. The Labute approximate surface area is 131 Å². The van der Waals surface area contributed by atoms with Gasteiger partial charge >= 0.3 is 0 Å². The van der Waals surface area contributed by atoms with Crippen molar-refractivity contribution in [1.82, 2.24) is 9.78 Å². The largest absolute Gasteiger partial charge is 0.383 e. The minimum Gasteiger partial charge on any atom is -0.383 e. The van der Waals surface area contributed by atoms with Crippen molar-refractivity contribution >= 4 is 17.4 Å². The maximum absolute atomic E-state index is 6.25. The van der Waals surface area contributed by atoms with Crippen LogP contribution in [0.4, 0.5) is 5.82 Å². The van der Waals surface area contributed by atoms with E-state index in [0.29, 0.717) is 0 Å². The summed E-state index contributed by atoms with van der Waals surface area (Å²) in [6, 6.07) is 7.88. The molecule has 0 spiro atoms. The van der Waals surface area contributed by atoms with E-state index in [-0.39, 0.29) is 0 Å².